The number of pyridine rings is 1. The second-order valence-electron chi connectivity index (χ2n) is 2.70. The van der Waals surface area contributed by atoms with Crippen LogP contribution in [0.4, 0.5) is 14.5 Å². The average Bonchev–Trinajstić information content (AvgIpc) is 2.26. The maximum atomic E-state index is 12.5. The molecule has 16 heavy (non-hydrogen) atoms. The van der Waals surface area contributed by atoms with E-state index in [0.29, 0.717) is 0 Å². The van der Waals surface area contributed by atoms with E-state index in [0.717, 1.165) is 6.07 Å². The van der Waals surface area contributed by atoms with E-state index in [1.165, 1.54) is 6.07 Å². The van der Waals surface area contributed by atoms with Gasteiger partial charge >= 0.3 is 0 Å². The Morgan fingerprint density at radius 3 is 2.69 bits per heavy atom. The molecular weight excluding hydrogens is 288 g/mol. The first-order valence-corrected chi connectivity index (χ1v) is 5.05. The van der Waals surface area contributed by atoms with Gasteiger partial charge in [0.1, 0.15) is 11.8 Å². The van der Waals surface area contributed by atoms with Gasteiger partial charge in [0.2, 0.25) is 0 Å². The van der Waals surface area contributed by atoms with Gasteiger partial charge < -0.3 is 0 Å². The summed E-state index contributed by atoms with van der Waals surface area (Å²) in [4.78, 5) is 13.2. The van der Waals surface area contributed by atoms with Crippen LogP contribution < -0.4 is 0 Å². The highest BCUT2D eigenvalue weighted by Gasteiger charge is 2.25. The molecule has 84 valence electrons. The highest BCUT2D eigenvalue weighted by atomic mass is 79.9. The van der Waals surface area contributed by atoms with Crippen molar-refractivity contribution in [1.29, 1.82) is 5.26 Å². The van der Waals surface area contributed by atoms with Crippen molar-refractivity contribution in [3.05, 3.63) is 33.1 Å². The van der Waals surface area contributed by atoms with Crippen LogP contribution in [-0.4, -0.2) is 9.91 Å². The van der Waals surface area contributed by atoms with Gasteiger partial charge in [0.15, 0.2) is 5.56 Å². The van der Waals surface area contributed by atoms with Crippen molar-refractivity contribution in [2.75, 3.05) is 0 Å². The summed E-state index contributed by atoms with van der Waals surface area (Å²) in [5.41, 5.74) is -2.11. The lowest BCUT2D eigenvalue weighted by Crippen LogP contribution is -2.03. The van der Waals surface area contributed by atoms with Crippen molar-refractivity contribution >= 4 is 21.6 Å². The lowest BCUT2D eigenvalue weighted by molar-refractivity contribution is -0.385. The molecule has 0 atom stereocenters. The van der Waals surface area contributed by atoms with Crippen molar-refractivity contribution in [2.24, 2.45) is 0 Å². The lowest BCUT2D eigenvalue weighted by atomic mass is 10.1. The predicted octanol–water partition coefficient (Wildman–Crippen LogP) is 2.69. The number of aromatic nitrogens is 1. The standard InChI is InChI=1S/C8H4BrF2N3O2/c9-2-4-1-6(14(15)16)5(3-12)7(13-4)8(10)11/h1,8H,2H2. The number of nitriles is 1. The number of alkyl halides is 3. The van der Waals surface area contributed by atoms with E-state index >= 15 is 0 Å². The van der Waals surface area contributed by atoms with Crippen LogP contribution in [0, 0.1) is 21.4 Å². The second kappa shape index (κ2) is 4.94. The van der Waals surface area contributed by atoms with Gasteiger partial charge in [0, 0.05) is 11.4 Å². The molecule has 1 heterocycles. The summed E-state index contributed by atoms with van der Waals surface area (Å²) in [6.45, 7) is 0. The number of nitrogens with zero attached hydrogens (tertiary/aromatic N) is 3. The summed E-state index contributed by atoms with van der Waals surface area (Å²) < 4.78 is 25.0. The third kappa shape index (κ3) is 2.30. The van der Waals surface area contributed by atoms with Gasteiger partial charge in [-0.2, -0.15) is 5.26 Å². The van der Waals surface area contributed by atoms with Crippen LogP contribution in [0.25, 0.3) is 0 Å². The van der Waals surface area contributed by atoms with Crippen molar-refractivity contribution in [3.63, 3.8) is 0 Å². The zero-order valence-corrected chi connectivity index (χ0v) is 9.24. The van der Waals surface area contributed by atoms with E-state index in [-0.39, 0.29) is 11.0 Å². The maximum absolute atomic E-state index is 12.5. The summed E-state index contributed by atoms with van der Waals surface area (Å²) in [5, 5.41) is 19.3. The summed E-state index contributed by atoms with van der Waals surface area (Å²) >= 11 is 2.96. The molecule has 1 aromatic heterocycles. The number of halogens is 3. The Labute approximate surface area is 97.0 Å². The second-order valence-corrected chi connectivity index (χ2v) is 3.26. The summed E-state index contributed by atoms with van der Waals surface area (Å²) in [5.74, 6) is 0. The molecule has 0 aliphatic rings. The fourth-order valence-corrected chi connectivity index (χ4v) is 1.38. The van der Waals surface area contributed by atoms with Gasteiger partial charge in [0.05, 0.1) is 10.6 Å². The zero-order valence-electron chi connectivity index (χ0n) is 7.65. The first-order valence-electron chi connectivity index (χ1n) is 3.93. The first kappa shape index (κ1) is 12.4. The largest absolute Gasteiger partial charge is 0.291 e. The van der Waals surface area contributed by atoms with Gasteiger partial charge in [-0.3, -0.25) is 10.1 Å². The number of rotatable bonds is 3. The van der Waals surface area contributed by atoms with E-state index in [2.05, 4.69) is 20.9 Å². The highest BCUT2D eigenvalue weighted by molar-refractivity contribution is 9.08. The van der Waals surface area contributed by atoms with Crippen LogP contribution in [0.15, 0.2) is 6.07 Å². The topological polar surface area (TPSA) is 79.8 Å². The molecule has 0 unspecified atom stereocenters. The van der Waals surface area contributed by atoms with Crippen LogP contribution >= 0.6 is 15.9 Å². The molecule has 0 aliphatic heterocycles. The summed E-state index contributed by atoms with van der Waals surface area (Å²) in [6.07, 6.45) is -3.02. The smallest absolute Gasteiger partial charge is 0.258 e. The Hall–Kier alpha value is -1.62. The van der Waals surface area contributed by atoms with E-state index in [1.54, 1.807) is 0 Å². The van der Waals surface area contributed by atoms with Crippen molar-refractivity contribution < 1.29 is 13.7 Å². The average molecular weight is 292 g/mol. The maximum Gasteiger partial charge on any atom is 0.291 e. The Kier molecular flexibility index (Phi) is 3.84. The van der Waals surface area contributed by atoms with Crippen LogP contribution in [0.3, 0.4) is 0 Å². The van der Waals surface area contributed by atoms with Crippen molar-refractivity contribution in [2.45, 2.75) is 11.8 Å². The normalized spacial score (nSPS) is 10.2. The number of hydrogen-bond acceptors (Lipinski definition) is 4. The monoisotopic (exact) mass is 291 g/mol. The van der Waals surface area contributed by atoms with Gasteiger partial charge in [-0.05, 0) is 0 Å². The summed E-state index contributed by atoms with van der Waals surface area (Å²) in [7, 11) is 0. The van der Waals surface area contributed by atoms with Crippen LogP contribution in [0.5, 0.6) is 0 Å². The lowest BCUT2D eigenvalue weighted by Gasteiger charge is -2.04. The van der Waals surface area contributed by atoms with E-state index in [4.69, 9.17) is 5.26 Å². The molecule has 0 bridgehead atoms. The molecule has 0 radical (unpaired) electrons. The molecule has 0 amide bonds. The Bertz CT molecular complexity index is 473. The fourth-order valence-electron chi connectivity index (χ4n) is 1.09. The molecule has 0 N–H and O–H groups in total. The molecule has 0 saturated carbocycles. The molecule has 8 heteroatoms. The molecular formula is C8H4BrF2N3O2. The van der Waals surface area contributed by atoms with Crippen LogP contribution in [0.1, 0.15) is 23.4 Å². The van der Waals surface area contributed by atoms with Gasteiger partial charge in [-0.25, -0.2) is 13.8 Å². The first-order chi connectivity index (χ1) is 7.51. The SMILES string of the molecule is N#Cc1c([N+](=O)[O-])cc(CBr)nc1C(F)F. The molecule has 5 nitrogen and oxygen atoms in total. The predicted molar refractivity (Wildman–Crippen MR) is 53.2 cm³/mol. The Morgan fingerprint density at radius 1 is 1.69 bits per heavy atom. The highest BCUT2D eigenvalue weighted by Crippen LogP contribution is 2.28. The third-order valence-electron chi connectivity index (χ3n) is 1.73. The molecule has 0 spiro atoms. The van der Waals surface area contributed by atoms with Gasteiger partial charge in [-0.1, -0.05) is 15.9 Å². The summed E-state index contributed by atoms with van der Waals surface area (Å²) in [6, 6.07) is 2.38. The minimum atomic E-state index is -3.02. The van der Waals surface area contributed by atoms with E-state index in [9.17, 15) is 18.9 Å². The molecule has 0 aliphatic carbocycles. The zero-order chi connectivity index (χ0) is 12.3. The van der Waals surface area contributed by atoms with Gasteiger partial charge in [0.25, 0.3) is 12.1 Å². The minimum Gasteiger partial charge on any atom is -0.258 e. The third-order valence-corrected chi connectivity index (χ3v) is 2.31. The molecule has 0 fully saturated rings. The van der Waals surface area contributed by atoms with Gasteiger partial charge in [-0.15, -0.1) is 0 Å². The molecule has 0 aromatic carbocycles. The number of hydrogen-bond donors (Lipinski definition) is 0. The van der Waals surface area contributed by atoms with Crippen LogP contribution in [-0.2, 0) is 5.33 Å². The Balaban J connectivity index is 3.54. The molecule has 0 saturated heterocycles. The Morgan fingerprint density at radius 2 is 2.31 bits per heavy atom. The molecule has 1 rings (SSSR count). The van der Waals surface area contributed by atoms with E-state index < -0.39 is 28.3 Å². The fraction of sp³-hybridized carbons (Fsp3) is 0.250. The minimum absolute atomic E-state index is 0.0843. The van der Waals surface area contributed by atoms with Crippen LogP contribution in [0.2, 0.25) is 0 Å². The quantitative estimate of drug-likeness (QED) is 0.487. The van der Waals surface area contributed by atoms with Crippen molar-refractivity contribution in [3.8, 4) is 6.07 Å². The number of nitro groups is 1. The van der Waals surface area contributed by atoms with Crippen molar-refractivity contribution in [1.82, 2.24) is 4.98 Å². The molecule has 1 aromatic rings. The van der Waals surface area contributed by atoms with E-state index in [1.807, 2.05) is 0 Å².